The Kier molecular flexibility index (Phi) is 5.68. The molecule has 0 aliphatic heterocycles. The molecular weight excluding hydrogens is 370 g/mol. The molecule has 0 atom stereocenters. The van der Waals surface area contributed by atoms with Crippen molar-refractivity contribution < 1.29 is 0 Å². The molecule has 0 unspecified atom stereocenters. The van der Waals surface area contributed by atoms with Crippen LogP contribution >= 0.6 is 0 Å². The lowest BCUT2D eigenvalue weighted by molar-refractivity contribution is 0.904. The quantitative estimate of drug-likeness (QED) is 0.454. The van der Waals surface area contributed by atoms with Crippen molar-refractivity contribution in [2.45, 2.75) is 13.5 Å². The summed E-state index contributed by atoms with van der Waals surface area (Å²) in [5.41, 5.74) is 4.56. The molecule has 5 heteroatoms. The van der Waals surface area contributed by atoms with E-state index in [0.29, 0.717) is 23.9 Å². The monoisotopic (exact) mass is 391 g/mol. The van der Waals surface area contributed by atoms with Gasteiger partial charge in [-0.25, -0.2) is 4.98 Å². The number of aryl methyl sites for hydroxylation is 1. The number of para-hydroxylation sites is 1. The second kappa shape index (κ2) is 8.89. The van der Waals surface area contributed by atoms with Gasteiger partial charge in [-0.15, -0.1) is 0 Å². The van der Waals surface area contributed by atoms with Gasteiger partial charge < -0.3 is 10.2 Å². The average Bonchev–Trinajstić information content (AvgIpc) is 2.79. The molecule has 0 aliphatic carbocycles. The average molecular weight is 391 g/mol. The van der Waals surface area contributed by atoms with Crippen LogP contribution in [0, 0.1) is 18.3 Å². The molecule has 0 aliphatic rings. The van der Waals surface area contributed by atoms with E-state index in [1.807, 2.05) is 61.5 Å². The summed E-state index contributed by atoms with van der Waals surface area (Å²) in [6.45, 7) is 2.62. The van der Waals surface area contributed by atoms with Crippen LogP contribution in [0.15, 0.2) is 91.0 Å². The third-order valence-corrected chi connectivity index (χ3v) is 4.62. The minimum absolute atomic E-state index is 0.623. The molecule has 0 saturated heterocycles. The Hall–Kier alpha value is -4.17. The first-order valence-corrected chi connectivity index (χ1v) is 9.71. The molecule has 146 valence electrons. The summed E-state index contributed by atoms with van der Waals surface area (Å²) < 4.78 is 0. The van der Waals surface area contributed by atoms with E-state index in [0.717, 1.165) is 17.1 Å². The van der Waals surface area contributed by atoms with Gasteiger partial charge in [-0.05, 0) is 48.9 Å². The second-order valence-corrected chi connectivity index (χ2v) is 6.92. The Morgan fingerprint density at radius 3 is 2.20 bits per heavy atom. The number of nitrogens with zero attached hydrogens (tertiary/aromatic N) is 4. The summed E-state index contributed by atoms with van der Waals surface area (Å²) >= 11 is 0. The molecule has 1 heterocycles. The highest BCUT2D eigenvalue weighted by Gasteiger charge is 2.15. The van der Waals surface area contributed by atoms with Crippen molar-refractivity contribution >= 4 is 23.1 Å². The Morgan fingerprint density at radius 2 is 1.53 bits per heavy atom. The molecule has 0 saturated carbocycles. The Morgan fingerprint density at radius 1 is 0.867 bits per heavy atom. The number of hydrogen-bond acceptors (Lipinski definition) is 5. The van der Waals surface area contributed by atoms with Crippen molar-refractivity contribution in [2.75, 3.05) is 10.2 Å². The second-order valence-electron chi connectivity index (χ2n) is 6.92. The summed E-state index contributed by atoms with van der Waals surface area (Å²) in [7, 11) is 0. The van der Waals surface area contributed by atoms with E-state index in [4.69, 9.17) is 15.2 Å². The van der Waals surface area contributed by atoms with E-state index in [2.05, 4.69) is 40.6 Å². The van der Waals surface area contributed by atoms with Gasteiger partial charge in [-0.1, -0.05) is 48.5 Å². The first-order valence-electron chi connectivity index (χ1n) is 9.71. The Labute approximate surface area is 176 Å². The SMILES string of the molecule is Cc1cc(Nc2ccc(C#N)cc2)nc(N(Cc2ccccc2)c2ccccc2)n1. The topological polar surface area (TPSA) is 64.8 Å². The van der Waals surface area contributed by atoms with Crippen LogP contribution in [-0.4, -0.2) is 9.97 Å². The molecule has 30 heavy (non-hydrogen) atoms. The van der Waals surface area contributed by atoms with Gasteiger partial charge in [0.2, 0.25) is 5.95 Å². The van der Waals surface area contributed by atoms with Gasteiger partial charge in [-0.3, -0.25) is 0 Å². The molecule has 1 aromatic heterocycles. The highest BCUT2D eigenvalue weighted by Crippen LogP contribution is 2.27. The van der Waals surface area contributed by atoms with Crippen molar-refractivity contribution in [3.63, 3.8) is 0 Å². The van der Waals surface area contributed by atoms with Crippen LogP contribution in [0.2, 0.25) is 0 Å². The van der Waals surface area contributed by atoms with Crippen LogP contribution in [0.25, 0.3) is 0 Å². The number of nitriles is 1. The lowest BCUT2D eigenvalue weighted by Crippen LogP contribution is -2.19. The molecule has 0 amide bonds. The van der Waals surface area contributed by atoms with Gasteiger partial charge in [0.15, 0.2) is 0 Å². The molecule has 5 nitrogen and oxygen atoms in total. The maximum Gasteiger partial charge on any atom is 0.232 e. The molecule has 0 spiro atoms. The number of nitrogens with one attached hydrogen (secondary N) is 1. The number of rotatable bonds is 6. The largest absolute Gasteiger partial charge is 0.340 e. The fraction of sp³-hybridized carbons (Fsp3) is 0.0800. The molecule has 1 N–H and O–H groups in total. The first-order chi connectivity index (χ1) is 14.7. The number of hydrogen-bond donors (Lipinski definition) is 1. The van der Waals surface area contributed by atoms with Crippen molar-refractivity contribution in [2.24, 2.45) is 0 Å². The molecule has 0 radical (unpaired) electrons. The minimum atomic E-state index is 0.623. The van der Waals surface area contributed by atoms with E-state index in [1.54, 1.807) is 12.1 Å². The zero-order chi connectivity index (χ0) is 20.8. The van der Waals surface area contributed by atoms with E-state index < -0.39 is 0 Å². The van der Waals surface area contributed by atoms with Crippen LogP contribution in [0.5, 0.6) is 0 Å². The number of benzene rings is 3. The maximum atomic E-state index is 8.98. The number of anilines is 4. The van der Waals surface area contributed by atoms with Crippen molar-refractivity contribution in [3.8, 4) is 6.07 Å². The third kappa shape index (κ3) is 4.62. The Balaban J connectivity index is 1.68. The van der Waals surface area contributed by atoms with E-state index in [-0.39, 0.29) is 0 Å². The van der Waals surface area contributed by atoms with Gasteiger partial charge in [0.1, 0.15) is 5.82 Å². The maximum absolute atomic E-state index is 8.98. The van der Waals surface area contributed by atoms with Crippen LogP contribution in [-0.2, 0) is 6.54 Å². The number of aromatic nitrogens is 2. The zero-order valence-corrected chi connectivity index (χ0v) is 16.7. The molecule has 4 aromatic rings. The fourth-order valence-electron chi connectivity index (χ4n) is 3.17. The highest BCUT2D eigenvalue weighted by molar-refractivity contribution is 5.62. The van der Waals surface area contributed by atoms with Crippen molar-refractivity contribution in [3.05, 3.63) is 108 Å². The lowest BCUT2D eigenvalue weighted by atomic mass is 10.2. The summed E-state index contributed by atoms with van der Waals surface area (Å²) in [6.07, 6.45) is 0. The zero-order valence-electron chi connectivity index (χ0n) is 16.7. The Bertz CT molecular complexity index is 1150. The predicted octanol–water partition coefficient (Wildman–Crippen LogP) is 5.74. The third-order valence-electron chi connectivity index (χ3n) is 4.62. The molecule has 4 rings (SSSR count). The van der Waals surface area contributed by atoms with Gasteiger partial charge in [-0.2, -0.15) is 10.2 Å². The van der Waals surface area contributed by atoms with Crippen molar-refractivity contribution in [1.29, 1.82) is 5.26 Å². The van der Waals surface area contributed by atoms with Crippen LogP contribution in [0.3, 0.4) is 0 Å². The van der Waals surface area contributed by atoms with E-state index >= 15 is 0 Å². The molecule has 0 fully saturated rings. The summed E-state index contributed by atoms with van der Waals surface area (Å²) in [6, 6.07) is 31.8. The molecule has 3 aromatic carbocycles. The van der Waals surface area contributed by atoms with Crippen LogP contribution in [0.1, 0.15) is 16.8 Å². The predicted molar refractivity (Wildman–Crippen MR) is 120 cm³/mol. The molecular formula is C25H21N5. The lowest BCUT2D eigenvalue weighted by Gasteiger charge is -2.24. The van der Waals surface area contributed by atoms with Crippen molar-refractivity contribution in [1.82, 2.24) is 9.97 Å². The first kappa shape index (κ1) is 19.2. The standard InChI is InChI=1S/C25H21N5/c1-19-16-24(28-22-14-12-20(17-26)13-15-22)29-25(27-19)30(23-10-6-3-7-11-23)18-21-8-4-2-5-9-21/h2-16H,18H2,1H3,(H,27,28,29). The summed E-state index contributed by atoms with van der Waals surface area (Å²) in [5.74, 6) is 1.33. The highest BCUT2D eigenvalue weighted by atomic mass is 15.3. The minimum Gasteiger partial charge on any atom is -0.340 e. The van der Waals surface area contributed by atoms with Gasteiger partial charge >= 0.3 is 0 Å². The van der Waals surface area contributed by atoms with E-state index in [9.17, 15) is 0 Å². The smallest absolute Gasteiger partial charge is 0.232 e. The van der Waals surface area contributed by atoms with Crippen LogP contribution < -0.4 is 10.2 Å². The molecule has 0 bridgehead atoms. The van der Waals surface area contributed by atoms with Gasteiger partial charge in [0.05, 0.1) is 18.2 Å². The van der Waals surface area contributed by atoms with Crippen LogP contribution in [0.4, 0.5) is 23.1 Å². The van der Waals surface area contributed by atoms with Gasteiger partial charge in [0.25, 0.3) is 0 Å². The normalized spacial score (nSPS) is 10.3. The fourth-order valence-corrected chi connectivity index (χ4v) is 3.17. The summed E-state index contributed by atoms with van der Waals surface area (Å²) in [4.78, 5) is 11.6. The van der Waals surface area contributed by atoms with Gasteiger partial charge in [0, 0.05) is 23.1 Å². The van der Waals surface area contributed by atoms with E-state index in [1.165, 1.54) is 5.56 Å². The summed E-state index contributed by atoms with van der Waals surface area (Å²) in [5, 5.41) is 12.3.